The molecule has 3 heterocycles. The van der Waals surface area contributed by atoms with Crippen LogP contribution in [-0.4, -0.2) is 66.8 Å². The predicted octanol–water partition coefficient (Wildman–Crippen LogP) is -1.17. The Morgan fingerprint density at radius 1 is 1.38 bits per heavy atom. The molecule has 9 heteroatoms. The predicted molar refractivity (Wildman–Crippen MR) is 69.6 cm³/mol. The molecule has 0 saturated carbocycles. The van der Waals surface area contributed by atoms with E-state index < -0.39 is 24.2 Å². The number of nitrogens with zero attached hydrogens (tertiary/aromatic N) is 4. The molecule has 3 N–H and O–H groups in total. The molecule has 3 atom stereocenters. The molecule has 0 aliphatic carbocycles. The molecular formula is C12H16N4O5. The fourth-order valence-electron chi connectivity index (χ4n) is 2.79. The molecule has 1 aromatic heterocycles. The number of aliphatic hydroxyl groups is 2. The van der Waals surface area contributed by atoms with Crippen LogP contribution in [0.25, 0.3) is 0 Å². The first-order valence-electron chi connectivity index (χ1n) is 6.62. The number of hydrogen-bond acceptors (Lipinski definition) is 5. The summed E-state index contributed by atoms with van der Waals surface area (Å²) in [5.74, 6) is -0.598. The summed E-state index contributed by atoms with van der Waals surface area (Å²) < 4.78 is 1.66. The van der Waals surface area contributed by atoms with E-state index in [2.05, 4.69) is 5.10 Å². The highest BCUT2D eigenvalue weighted by Gasteiger charge is 2.41. The molecule has 2 aliphatic heterocycles. The van der Waals surface area contributed by atoms with Crippen molar-refractivity contribution in [1.29, 1.82) is 0 Å². The van der Waals surface area contributed by atoms with E-state index in [1.807, 2.05) is 0 Å². The average Bonchev–Trinajstić information content (AvgIpc) is 2.93. The van der Waals surface area contributed by atoms with Gasteiger partial charge < -0.3 is 20.2 Å². The summed E-state index contributed by atoms with van der Waals surface area (Å²) in [6.07, 6.45) is -2.16. The van der Waals surface area contributed by atoms with Crippen LogP contribution >= 0.6 is 0 Å². The van der Waals surface area contributed by atoms with Crippen LogP contribution in [0, 0.1) is 0 Å². The molecular weight excluding hydrogens is 280 g/mol. The second-order valence-electron chi connectivity index (χ2n) is 5.38. The minimum absolute atomic E-state index is 0.0265. The third-order valence-corrected chi connectivity index (χ3v) is 4.01. The third kappa shape index (κ3) is 2.05. The Labute approximate surface area is 120 Å². The van der Waals surface area contributed by atoms with E-state index in [-0.39, 0.29) is 19.1 Å². The largest absolute Gasteiger partial charge is 0.465 e. The smallest absolute Gasteiger partial charge is 0.407 e. The summed E-state index contributed by atoms with van der Waals surface area (Å²) in [6.45, 7) is 2.27. The monoisotopic (exact) mass is 296 g/mol. The summed E-state index contributed by atoms with van der Waals surface area (Å²) in [5, 5.41) is 32.5. The van der Waals surface area contributed by atoms with E-state index in [1.165, 1.54) is 16.0 Å². The zero-order valence-electron chi connectivity index (χ0n) is 11.4. The van der Waals surface area contributed by atoms with Crippen molar-refractivity contribution >= 4 is 17.7 Å². The van der Waals surface area contributed by atoms with Crippen molar-refractivity contribution in [2.45, 2.75) is 38.3 Å². The number of aromatic nitrogens is 2. The highest BCUT2D eigenvalue weighted by atomic mass is 16.4. The number of amides is 2. The van der Waals surface area contributed by atoms with E-state index in [1.54, 1.807) is 11.6 Å². The van der Waals surface area contributed by atoms with Crippen LogP contribution in [0.2, 0.25) is 0 Å². The standard InChI is InChI=1S/C12H16N4O5/c1-6-3-16-8(4-14(6)12(20)21)7(2-13-16)15-5-9(17)10(18)11(15)19/h2,6,9-10,17-18H,3-5H2,1H3,(H,20,21)/t6-,9+,10-/m0/s1. The Kier molecular flexibility index (Phi) is 3.10. The summed E-state index contributed by atoms with van der Waals surface area (Å²) in [4.78, 5) is 25.7. The SMILES string of the molecule is C[C@H]1Cn2ncc(N3C[C@@H](O)[C@H](O)C3=O)c2CN1C(=O)O. The first-order valence-corrected chi connectivity index (χ1v) is 6.62. The summed E-state index contributed by atoms with van der Waals surface area (Å²) in [6, 6.07) is -0.215. The fourth-order valence-corrected chi connectivity index (χ4v) is 2.79. The number of carboxylic acid groups (broad SMARTS) is 1. The lowest BCUT2D eigenvalue weighted by atomic mass is 10.2. The van der Waals surface area contributed by atoms with Gasteiger partial charge in [-0.25, -0.2) is 4.79 Å². The Morgan fingerprint density at radius 2 is 2.10 bits per heavy atom. The van der Waals surface area contributed by atoms with E-state index in [9.17, 15) is 24.9 Å². The van der Waals surface area contributed by atoms with Crippen molar-refractivity contribution in [3.8, 4) is 0 Å². The Bertz CT molecular complexity index is 600. The topological polar surface area (TPSA) is 119 Å². The van der Waals surface area contributed by atoms with Gasteiger partial charge in [0.15, 0.2) is 6.10 Å². The number of carbonyl (C=O) groups is 2. The maximum Gasteiger partial charge on any atom is 0.407 e. The number of hydrogen-bond donors (Lipinski definition) is 3. The number of β-amino-alcohol motifs (C(OH)–C–C–N with tert-alkyl or cyclic N) is 1. The van der Waals surface area contributed by atoms with E-state index >= 15 is 0 Å². The maximum atomic E-state index is 11.9. The molecule has 0 aromatic carbocycles. The molecule has 2 amide bonds. The van der Waals surface area contributed by atoms with Crippen molar-refractivity contribution in [3.05, 3.63) is 11.9 Å². The second kappa shape index (κ2) is 4.71. The number of anilines is 1. The van der Waals surface area contributed by atoms with Gasteiger partial charge in [-0.15, -0.1) is 0 Å². The molecule has 1 aromatic rings. The quantitative estimate of drug-likeness (QED) is 0.601. The molecule has 114 valence electrons. The number of carbonyl (C=O) groups excluding carboxylic acids is 1. The maximum absolute atomic E-state index is 11.9. The lowest BCUT2D eigenvalue weighted by Crippen LogP contribution is -2.44. The van der Waals surface area contributed by atoms with Crippen molar-refractivity contribution in [3.63, 3.8) is 0 Å². The molecule has 1 fully saturated rings. The molecule has 0 spiro atoms. The molecule has 1 saturated heterocycles. The zero-order chi connectivity index (χ0) is 15.3. The van der Waals surface area contributed by atoms with Crippen LogP contribution in [0.1, 0.15) is 12.6 Å². The van der Waals surface area contributed by atoms with Gasteiger partial charge in [-0.1, -0.05) is 0 Å². The lowest BCUT2D eigenvalue weighted by molar-refractivity contribution is -0.126. The van der Waals surface area contributed by atoms with Gasteiger partial charge in [0.1, 0.15) is 6.10 Å². The number of rotatable bonds is 1. The second-order valence-corrected chi connectivity index (χ2v) is 5.38. The van der Waals surface area contributed by atoms with Crippen LogP contribution in [-0.2, 0) is 17.9 Å². The van der Waals surface area contributed by atoms with Crippen LogP contribution in [0.4, 0.5) is 10.5 Å². The van der Waals surface area contributed by atoms with Crippen LogP contribution in [0.15, 0.2) is 6.20 Å². The van der Waals surface area contributed by atoms with Gasteiger partial charge in [-0.3, -0.25) is 14.4 Å². The highest BCUT2D eigenvalue weighted by Crippen LogP contribution is 2.30. The Morgan fingerprint density at radius 3 is 2.67 bits per heavy atom. The third-order valence-electron chi connectivity index (χ3n) is 4.01. The van der Waals surface area contributed by atoms with E-state index in [4.69, 9.17) is 0 Å². The summed E-state index contributed by atoms with van der Waals surface area (Å²) >= 11 is 0. The van der Waals surface area contributed by atoms with Crippen molar-refractivity contribution < 1.29 is 24.9 Å². The summed E-state index contributed by atoms with van der Waals surface area (Å²) in [7, 11) is 0. The average molecular weight is 296 g/mol. The molecule has 0 unspecified atom stereocenters. The van der Waals surface area contributed by atoms with Gasteiger partial charge in [0.05, 0.1) is 43.3 Å². The first-order chi connectivity index (χ1) is 9.90. The highest BCUT2D eigenvalue weighted by molar-refractivity contribution is 5.99. The first kappa shape index (κ1) is 13.8. The van der Waals surface area contributed by atoms with Gasteiger partial charge in [-0.2, -0.15) is 5.10 Å². The van der Waals surface area contributed by atoms with Crippen molar-refractivity contribution in [2.75, 3.05) is 11.4 Å². The van der Waals surface area contributed by atoms with E-state index in [0.29, 0.717) is 17.9 Å². The van der Waals surface area contributed by atoms with Gasteiger partial charge in [-0.05, 0) is 6.92 Å². The number of fused-ring (bicyclic) bond motifs is 1. The van der Waals surface area contributed by atoms with Gasteiger partial charge in [0.2, 0.25) is 0 Å². The van der Waals surface area contributed by atoms with Crippen LogP contribution in [0.5, 0.6) is 0 Å². The minimum atomic E-state index is -1.45. The Balaban J connectivity index is 1.94. The molecule has 0 bridgehead atoms. The molecule has 9 nitrogen and oxygen atoms in total. The zero-order valence-corrected chi connectivity index (χ0v) is 11.4. The normalized spacial score (nSPS) is 28.9. The van der Waals surface area contributed by atoms with Crippen molar-refractivity contribution in [1.82, 2.24) is 14.7 Å². The van der Waals surface area contributed by atoms with E-state index in [0.717, 1.165) is 0 Å². The van der Waals surface area contributed by atoms with Crippen LogP contribution in [0.3, 0.4) is 0 Å². The summed E-state index contributed by atoms with van der Waals surface area (Å²) in [5.41, 5.74) is 1.03. The number of aliphatic hydroxyl groups excluding tert-OH is 2. The van der Waals surface area contributed by atoms with Gasteiger partial charge in [0, 0.05) is 0 Å². The Hall–Kier alpha value is -2.13. The molecule has 21 heavy (non-hydrogen) atoms. The molecule has 3 rings (SSSR count). The van der Waals surface area contributed by atoms with Gasteiger partial charge in [0.25, 0.3) is 5.91 Å². The molecule has 0 radical (unpaired) electrons. The lowest BCUT2D eigenvalue weighted by Gasteiger charge is -2.32. The molecule has 2 aliphatic rings. The fraction of sp³-hybridized carbons (Fsp3) is 0.583. The van der Waals surface area contributed by atoms with Crippen molar-refractivity contribution in [2.24, 2.45) is 0 Å². The van der Waals surface area contributed by atoms with Crippen LogP contribution < -0.4 is 4.90 Å². The van der Waals surface area contributed by atoms with Gasteiger partial charge >= 0.3 is 6.09 Å². The minimum Gasteiger partial charge on any atom is -0.465 e.